The fraction of sp³-hybridized carbons (Fsp3) is 0.923. The van der Waals surface area contributed by atoms with E-state index >= 15 is 0 Å². The summed E-state index contributed by atoms with van der Waals surface area (Å²) in [5.41, 5.74) is 0.170. The zero-order chi connectivity index (χ0) is 12.0. The van der Waals surface area contributed by atoms with Gasteiger partial charge >= 0.3 is 0 Å². The van der Waals surface area contributed by atoms with Crippen molar-refractivity contribution in [3.05, 3.63) is 0 Å². The summed E-state index contributed by atoms with van der Waals surface area (Å²) in [5.74, 6) is 1.21. The number of ether oxygens (including phenoxy) is 1. The Hall–Kier alpha value is -0.610. The first-order chi connectivity index (χ1) is 8.37. The van der Waals surface area contributed by atoms with Gasteiger partial charge in [-0.05, 0) is 19.3 Å². The summed E-state index contributed by atoms with van der Waals surface area (Å²) in [4.78, 5) is 4.71. The predicted molar refractivity (Wildman–Crippen MR) is 70.6 cm³/mol. The molecule has 0 amide bonds. The van der Waals surface area contributed by atoms with E-state index in [4.69, 9.17) is 9.73 Å². The Balaban J connectivity index is 1.89. The Morgan fingerprint density at radius 2 is 2.18 bits per heavy atom. The average molecular weight is 239 g/mol. The van der Waals surface area contributed by atoms with Crippen LogP contribution in [0.15, 0.2) is 4.99 Å². The molecule has 4 nitrogen and oxygen atoms in total. The number of rotatable bonds is 4. The molecule has 17 heavy (non-hydrogen) atoms. The minimum atomic E-state index is 0.170. The number of nitrogens with one attached hydrogen (secondary N) is 2. The highest BCUT2D eigenvalue weighted by Crippen LogP contribution is 2.30. The monoisotopic (exact) mass is 239 g/mol. The maximum atomic E-state index is 5.07. The lowest BCUT2D eigenvalue weighted by atomic mass is 9.79. The van der Waals surface area contributed by atoms with E-state index in [1.807, 2.05) is 0 Å². The second kappa shape index (κ2) is 6.36. The minimum absolute atomic E-state index is 0.170. The average Bonchev–Trinajstić information content (AvgIpc) is 2.38. The highest BCUT2D eigenvalue weighted by molar-refractivity contribution is 5.92. The van der Waals surface area contributed by atoms with Crippen molar-refractivity contribution in [2.75, 3.05) is 33.4 Å². The van der Waals surface area contributed by atoms with E-state index in [2.05, 4.69) is 10.6 Å². The Kier molecular flexibility index (Phi) is 4.80. The first kappa shape index (κ1) is 12.8. The van der Waals surface area contributed by atoms with Crippen LogP contribution < -0.4 is 10.6 Å². The lowest BCUT2D eigenvalue weighted by Gasteiger charge is -2.41. The molecular weight excluding hydrogens is 214 g/mol. The van der Waals surface area contributed by atoms with Crippen LogP contribution in [0.3, 0.4) is 0 Å². The lowest BCUT2D eigenvalue weighted by Crippen LogP contribution is -2.61. The normalized spacial score (nSPS) is 23.5. The van der Waals surface area contributed by atoms with E-state index in [0.717, 1.165) is 32.7 Å². The van der Waals surface area contributed by atoms with Gasteiger partial charge < -0.3 is 15.4 Å². The van der Waals surface area contributed by atoms with Gasteiger partial charge in [0.15, 0.2) is 0 Å². The molecule has 1 saturated carbocycles. The van der Waals surface area contributed by atoms with Crippen LogP contribution in [0.5, 0.6) is 0 Å². The quantitative estimate of drug-likeness (QED) is 0.727. The number of hydrogen-bond donors (Lipinski definition) is 2. The van der Waals surface area contributed by atoms with Crippen LogP contribution >= 0.6 is 0 Å². The molecule has 2 N–H and O–H groups in total. The summed E-state index contributed by atoms with van der Waals surface area (Å²) in [6, 6.07) is 0. The molecule has 0 atom stereocenters. The van der Waals surface area contributed by atoms with Crippen LogP contribution in [-0.2, 0) is 4.74 Å². The van der Waals surface area contributed by atoms with E-state index < -0.39 is 0 Å². The summed E-state index contributed by atoms with van der Waals surface area (Å²) in [5, 5.41) is 7.23. The molecule has 2 rings (SSSR count). The SMILES string of the molecule is COCCCNC1=NCCNC12CCCCC2. The van der Waals surface area contributed by atoms with Gasteiger partial charge in [-0.1, -0.05) is 19.3 Å². The van der Waals surface area contributed by atoms with Crippen molar-refractivity contribution in [1.82, 2.24) is 10.6 Å². The van der Waals surface area contributed by atoms with Crippen molar-refractivity contribution in [1.29, 1.82) is 0 Å². The topological polar surface area (TPSA) is 45.6 Å². The minimum Gasteiger partial charge on any atom is -0.385 e. The van der Waals surface area contributed by atoms with Gasteiger partial charge in [0.2, 0.25) is 0 Å². The van der Waals surface area contributed by atoms with Crippen LogP contribution in [0.1, 0.15) is 38.5 Å². The molecule has 0 aromatic rings. The molecule has 1 fully saturated rings. The van der Waals surface area contributed by atoms with Gasteiger partial charge in [-0.3, -0.25) is 4.99 Å². The first-order valence-corrected chi connectivity index (χ1v) is 6.90. The van der Waals surface area contributed by atoms with Crippen molar-refractivity contribution in [2.45, 2.75) is 44.1 Å². The van der Waals surface area contributed by atoms with E-state index in [0.29, 0.717) is 0 Å². The van der Waals surface area contributed by atoms with Gasteiger partial charge in [-0.25, -0.2) is 0 Å². The van der Waals surface area contributed by atoms with Crippen LogP contribution in [-0.4, -0.2) is 44.7 Å². The fourth-order valence-corrected chi connectivity index (χ4v) is 2.92. The maximum absolute atomic E-state index is 5.07. The van der Waals surface area contributed by atoms with Crippen molar-refractivity contribution >= 4 is 5.84 Å². The fourth-order valence-electron chi connectivity index (χ4n) is 2.92. The summed E-state index contributed by atoms with van der Waals surface area (Å²) in [6.45, 7) is 3.73. The molecule has 1 heterocycles. The zero-order valence-corrected chi connectivity index (χ0v) is 10.9. The molecule has 1 aliphatic heterocycles. The van der Waals surface area contributed by atoms with E-state index in [1.54, 1.807) is 7.11 Å². The molecule has 2 aliphatic rings. The second-order valence-corrected chi connectivity index (χ2v) is 5.07. The molecule has 0 bridgehead atoms. The predicted octanol–water partition coefficient (Wildman–Crippen LogP) is 1.32. The molecule has 1 aliphatic carbocycles. The molecule has 0 unspecified atom stereocenters. The van der Waals surface area contributed by atoms with Crippen LogP contribution in [0.2, 0.25) is 0 Å². The molecule has 0 radical (unpaired) electrons. The Morgan fingerprint density at radius 1 is 1.35 bits per heavy atom. The Bertz CT molecular complexity index is 259. The van der Waals surface area contributed by atoms with Gasteiger partial charge in [0.05, 0.1) is 12.1 Å². The number of amidine groups is 1. The van der Waals surface area contributed by atoms with Crippen molar-refractivity contribution < 1.29 is 4.74 Å². The highest BCUT2D eigenvalue weighted by Gasteiger charge is 2.38. The van der Waals surface area contributed by atoms with Crippen LogP contribution in [0.4, 0.5) is 0 Å². The van der Waals surface area contributed by atoms with Gasteiger partial charge in [-0.15, -0.1) is 0 Å². The molecular formula is C13H25N3O. The van der Waals surface area contributed by atoms with Crippen LogP contribution in [0, 0.1) is 0 Å². The smallest absolute Gasteiger partial charge is 0.117 e. The number of nitrogens with zero attached hydrogens (tertiary/aromatic N) is 1. The molecule has 0 aromatic carbocycles. The van der Waals surface area contributed by atoms with Gasteiger partial charge in [0, 0.05) is 26.8 Å². The van der Waals surface area contributed by atoms with Crippen molar-refractivity contribution in [2.24, 2.45) is 4.99 Å². The number of methoxy groups -OCH3 is 1. The number of aliphatic imine (C=N–C) groups is 1. The number of hydrogen-bond acceptors (Lipinski definition) is 4. The summed E-state index contributed by atoms with van der Waals surface area (Å²) >= 11 is 0. The molecule has 0 aromatic heterocycles. The highest BCUT2D eigenvalue weighted by atomic mass is 16.5. The molecule has 0 saturated heterocycles. The standard InChI is InChI=1S/C13H25N3O/c1-17-11-5-8-14-12-13(16-10-9-15-12)6-3-2-4-7-13/h16H,2-11H2,1H3,(H,14,15). The lowest BCUT2D eigenvalue weighted by molar-refractivity contribution is 0.195. The summed E-state index contributed by atoms with van der Waals surface area (Å²) < 4.78 is 5.07. The largest absolute Gasteiger partial charge is 0.385 e. The Labute approximate surface area is 104 Å². The second-order valence-electron chi connectivity index (χ2n) is 5.07. The van der Waals surface area contributed by atoms with E-state index in [1.165, 1.54) is 37.9 Å². The Morgan fingerprint density at radius 3 is 2.94 bits per heavy atom. The molecule has 1 spiro atoms. The summed E-state index contributed by atoms with van der Waals surface area (Å²) in [7, 11) is 1.75. The van der Waals surface area contributed by atoms with Gasteiger partial charge in [0.1, 0.15) is 5.84 Å². The third-order valence-corrected chi connectivity index (χ3v) is 3.82. The first-order valence-electron chi connectivity index (χ1n) is 6.90. The van der Waals surface area contributed by atoms with Gasteiger partial charge in [-0.2, -0.15) is 0 Å². The van der Waals surface area contributed by atoms with E-state index in [-0.39, 0.29) is 5.54 Å². The van der Waals surface area contributed by atoms with Gasteiger partial charge in [0.25, 0.3) is 0 Å². The molecule has 4 heteroatoms. The van der Waals surface area contributed by atoms with Crippen LogP contribution in [0.25, 0.3) is 0 Å². The summed E-state index contributed by atoms with van der Waals surface area (Å²) in [6.07, 6.45) is 7.55. The zero-order valence-electron chi connectivity index (χ0n) is 10.9. The van der Waals surface area contributed by atoms with Crippen molar-refractivity contribution in [3.63, 3.8) is 0 Å². The third kappa shape index (κ3) is 3.19. The van der Waals surface area contributed by atoms with Crippen molar-refractivity contribution in [3.8, 4) is 0 Å². The molecule has 98 valence electrons. The third-order valence-electron chi connectivity index (χ3n) is 3.82. The maximum Gasteiger partial charge on any atom is 0.117 e. The van der Waals surface area contributed by atoms with E-state index in [9.17, 15) is 0 Å².